The van der Waals surface area contributed by atoms with E-state index >= 15 is 0 Å². The minimum atomic E-state index is 0.314. The predicted molar refractivity (Wildman–Crippen MR) is 83.2 cm³/mol. The van der Waals surface area contributed by atoms with Gasteiger partial charge in [0.1, 0.15) is 0 Å². The lowest BCUT2D eigenvalue weighted by Crippen LogP contribution is -2.53. The molecule has 4 rings (SSSR count). The van der Waals surface area contributed by atoms with Crippen molar-refractivity contribution in [2.75, 3.05) is 0 Å². The van der Waals surface area contributed by atoms with E-state index in [1.807, 2.05) is 0 Å². The molecule has 0 heterocycles. The maximum Gasteiger partial charge on any atom is 0.0663 e. The van der Waals surface area contributed by atoms with Crippen molar-refractivity contribution in [2.45, 2.75) is 84.0 Å². The second-order valence-corrected chi connectivity index (χ2v) is 7.83. The first kappa shape index (κ1) is 14.4. The SMILES string of the molecule is CCCCCCCCC12C[C@@H]3CC(C[C@@H](C3)C1)/C2=N\O. The highest BCUT2D eigenvalue weighted by atomic mass is 16.4. The van der Waals surface area contributed by atoms with E-state index in [-0.39, 0.29) is 0 Å². The Morgan fingerprint density at radius 3 is 2.30 bits per heavy atom. The molecule has 20 heavy (non-hydrogen) atoms. The molecule has 2 heteroatoms. The van der Waals surface area contributed by atoms with Crippen LogP contribution in [0.3, 0.4) is 0 Å². The van der Waals surface area contributed by atoms with E-state index < -0.39 is 0 Å². The number of hydrogen-bond donors (Lipinski definition) is 1. The summed E-state index contributed by atoms with van der Waals surface area (Å²) in [5.74, 6) is 2.52. The van der Waals surface area contributed by atoms with Gasteiger partial charge in [-0.05, 0) is 50.4 Å². The van der Waals surface area contributed by atoms with Crippen molar-refractivity contribution in [3.8, 4) is 0 Å². The summed E-state index contributed by atoms with van der Waals surface area (Å²) >= 11 is 0. The molecule has 0 aromatic rings. The Kier molecular flexibility index (Phi) is 4.37. The van der Waals surface area contributed by atoms with Gasteiger partial charge in [-0.25, -0.2) is 0 Å². The number of nitrogens with zero attached hydrogens (tertiary/aromatic N) is 1. The minimum absolute atomic E-state index is 0.314. The van der Waals surface area contributed by atoms with Crippen molar-refractivity contribution in [3.63, 3.8) is 0 Å². The van der Waals surface area contributed by atoms with Crippen molar-refractivity contribution in [2.24, 2.45) is 28.3 Å². The summed E-state index contributed by atoms with van der Waals surface area (Å²) in [4.78, 5) is 0. The molecule has 2 unspecified atom stereocenters. The van der Waals surface area contributed by atoms with E-state index in [4.69, 9.17) is 0 Å². The molecule has 4 aliphatic carbocycles. The molecule has 4 aliphatic rings. The molecule has 0 aliphatic heterocycles. The summed E-state index contributed by atoms with van der Waals surface area (Å²) in [7, 11) is 0. The molecule has 114 valence electrons. The summed E-state index contributed by atoms with van der Waals surface area (Å²) in [6.07, 6.45) is 16.3. The normalized spacial score (nSPS) is 40.6. The summed E-state index contributed by atoms with van der Waals surface area (Å²) < 4.78 is 0. The Balaban J connectivity index is 1.56. The van der Waals surface area contributed by atoms with Crippen LogP contribution in [0, 0.1) is 23.2 Å². The van der Waals surface area contributed by atoms with E-state index in [1.165, 1.54) is 82.8 Å². The third-order valence-electron chi connectivity index (χ3n) is 6.31. The molecule has 0 amide bonds. The molecular formula is C18H31NO. The average molecular weight is 277 g/mol. The first-order valence-electron chi connectivity index (χ1n) is 9.00. The zero-order valence-electron chi connectivity index (χ0n) is 13.1. The minimum Gasteiger partial charge on any atom is -0.411 e. The third kappa shape index (κ3) is 2.63. The van der Waals surface area contributed by atoms with Crippen LogP contribution in [0.5, 0.6) is 0 Å². The molecule has 4 fully saturated rings. The molecule has 0 radical (unpaired) electrons. The molecule has 0 spiro atoms. The van der Waals surface area contributed by atoms with E-state index in [1.54, 1.807) is 0 Å². The molecule has 4 saturated carbocycles. The van der Waals surface area contributed by atoms with Crippen LogP contribution < -0.4 is 0 Å². The third-order valence-corrected chi connectivity index (χ3v) is 6.31. The summed E-state index contributed by atoms with van der Waals surface area (Å²) in [5.41, 5.74) is 1.52. The maximum atomic E-state index is 9.52. The van der Waals surface area contributed by atoms with Gasteiger partial charge in [0.25, 0.3) is 0 Å². The quantitative estimate of drug-likeness (QED) is 0.377. The van der Waals surface area contributed by atoms with Crippen molar-refractivity contribution in [1.82, 2.24) is 0 Å². The number of rotatable bonds is 7. The molecule has 2 nitrogen and oxygen atoms in total. The van der Waals surface area contributed by atoms with Crippen LogP contribution in [0.15, 0.2) is 5.16 Å². The molecule has 4 bridgehead atoms. The summed E-state index contributed by atoms with van der Waals surface area (Å²) in [5, 5.41) is 13.3. The molecular weight excluding hydrogens is 246 g/mol. The Bertz CT molecular complexity index is 348. The molecule has 0 aromatic carbocycles. The zero-order chi connectivity index (χ0) is 14.0. The van der Waals surface area contributed by atoms with Crippen LogP contribution >= 0.6 is 0 Å². The average Bonchev–Trinajstić information content (AvgIpc) is 2.42. The lowest BCUT2D eigenvalue weighted by Gasteiger charge is -2.57. The van der Waals surface area contributed by atoms with Gasteiger partial charge in [-0.15, -0.1) is 0 Å². The fraction of sp³-hybridized carbons (Fsp3) is 0.944. The van der Waals surface area contributed by atoms with Crippen molar-refractivity contribution in [1.29, 1.82) is 0 Å². The van der Waals surface area contributed by atoms with Crippen LogP contribution in [0.4, 0.5) is 0 Å². The van der Waals surface area contributed by atoms with Crippen LogP contribution in [0.2, 0.25) is 0 Å². The van der Waals surface area contributed by atoms with E-state index in [2.05, 4.69) is 12.1 Å². The largest absolute Gasteiger partial charge is 0.411 e. The van der Waals surface area contributed by atoms with Gasteiger partial charge in [0.15, 0.2) is 0 Å². The van der Waals surface area contributed by atoms with Crippen LogP contribution in [-0.2, 0) is 0 Å². The maximum absolute atomic E-state index is 9.52. The van der Waals surface area contributed by atoms with Crippen LogP contribution in [0.25, 0.3) is 0 Å². The first-order valence-corrected chi connectivity index (χ1v) is 9.00. The Hall–Kier alpha value is -0.530. The van der Waals surface area contributed by atoms with Gasteiger partial charge >= 0.3 is 0 Å². The predicted octanol–water partition coefficient (Wildman–Crippen LogP) is 5.39. The van der Waals surface area contributed by atoms with Gasteiger partial charge in [0.05, 0.1) is 5.71 Å². The number of oxime groups is 1. The van der Waals surface area contributed by atoms with Gasteiger partial charge in [0, 0.05) is 11.3 Å². The molecule has 4 atom stereocenters. The Labute approximate surface area is 124 Å². The Morgan fingerprint density at radius 1 is 1.00 bits per heavy atom. The fourth-order valence-electron chi connectivity index (χ4n) is 5.72. The van der Waals surface area contributed by atoms with E-state index in [9.17, 15) is 5.21 Å². The van der Waals surface area contributed by atoms with Crippen LogP contribution in [0.1, 0.15) is 84.0 Å². The monoisotopic (exact) mass is 277 g/mol. The smallest absolute Gasteiger partial charge is 0.0663 e. The molecule has 1 N–H and O–H groups in total. The Morgan fingerprint density at radius 2 is 1.65 bits per heavy atom. The van der Waals surface area contributed by atoms with E-state index in [0.717, 1.165) is 11.8 Å². The zero-order valence-corrected chi connectivity index (χ0v) is 13.1. The van der Waals surface area contributed by atoms with Gasteiger partial charge in [-0.1, -0.05) is 50.6 Å². The lowest BCUT2D eigenvalue weighted by molar-refractivity contribution is 0.0358. The van der Waals surface area contributed by atoms with Gasteiger partial charge in [-0.2, -0.15) is 0 Å². The molecule has 0 aromatic heterocycles. The van der Waals surface area contributed by atoms with Gasteiger partial charge in [-0.3, -0.25) is 0 Å². The standard InChI is InChI=1S/C18H31NO/c1-2-3-4-5-6-7-8-18-12-14-9-15(13-18)11-16(10-14)17(18)19-20/h14-16,20H,2-13H2,1H3/b19-17+/t14-,15+,16?,18?. The molecule has 0 saturated heterocycles. The van der Waals surface area contributed by atoms with Crippen molar-refractivity contribution in [3.05, 3.63) is 0 Å². The van der Waals surface area contributed by atoms with Crippen LogP contribution in [-0.4, -0.2) is 10.9 Å². The fourth-order valence-corrected chi connectivity index (χ4v) is 5.72. The van der Waals surface area contributed by atoms with E-state index in [0.29, 0.717) is 11.3 Å². The first-order chi connectivity index (χ1) is 9.77. The summed E-state index contributed by atoms with van der Waals surface area (Å²) in [6, 6.07) is 0. The highest BCUT2D eigenvalue weighted by molar-refractivity contribution is 5.93. The second kappa shape index (κ2) is 6.07. The summed E-state index contributed by atoms with van der Waals surface area (Å²) in [6.45, 7) is 2.28. The van der Waals surface area contributed by atoms with Gasteiger partial charge < -0.3 is 5.21 Å². The highest BCUT2D eigenvalue weighted by Crippen LogP contribution is 2.60. The topological polar surface area (TPSA) is 32.6 Å². The number of hydrogen-bond acceptors (Lipinski definition) is 2. The van der Waals surface area contributed by atoms with Crippen molar-refractivity contribution < 1.29 is 5.21 Å². The lowest BCUT2D eigenvalue weighted by atomic mass is 9.47. The second-order valence-electron chi connectivity index (χ2n) is 7.83. The number of unbranched alkanes of at least 4 members (excludes halogenated alkanes) is 5. The van der Waals surface area contributed by atoms with Crippen molar-refractivity contribution >= 4 is 5.71 Å². The van der Waals surface area contributed by atoms with Gasteiger partial charge in [0.2, 0.25) is 0 Å². The highest BCUT2D eigenvalue weighted by Gasteiger charge is 2.54.